The van der Waals surface area contributed by atoms with Gasteiger partial charge in [0.1, 0.15) is 29.3 Å². The minimum absolute atomic E-state index is 0.00883. The number of imidazole rings is 1. The van der Waals surface area contributed by atoms with Crippen molar-refractivity contribution in [2.45, 2.75) is 87.2 Å². The molecule has 0 spiro atoms. The highest BCUT2D eigenvalue weighted by molar-refractivity contribution is 5.90. The van der Waals surface area contributed by atoms with E-state index in [2.05, 4.69) is 41.0 Å². The van der Waals surface area contributed by atoms with Crippen LogP contribution in [0.5, 0.6) is 5.88 Å². The van der Waals surface area contributed by atoms with E-state index in [1.165, 1.54) is 6.33 Å². The van der Waals surface area contributed by atoms with E-state index in [4.69, 9.17) is 44.3 Å². The van der Waals surface area contributed by atoms with Crippen LogP contribution in [0.2, 0.25) is 0 Å². The second-order valence-corrected chi connectivity index (χ2v) is 14.8. The van der Waals surface area contributed by atoms with Crippen LogP contribution in [0.15, 0.2) is 61.8 Å². The summed E-state index contributed by atoms with van der Waals surface area (Å²) in [6, 6.07) is 7.20. The maximum Gasteiger partial charge on any atom is 0.490 e. The Bertz CT molecular complexity index is 2550. The first-order valence-electron chi connectivity index (χ1n) is 19.4. The van der Waals surface area contributed by atoms with Crippen molar-refractivity contribution in [1.82, 2.24) is 44.2 Å². The van der Waals surface area contributed by atoms with Gasteiger partial charge in [0.25, 0.3) is 0 Å². The number of H-pyrrole nitrogens is 1. The van der Waals surface area contributed by atoms with E-state index in [0.29, 0.717) is 44.0 Å². The summed E-state index contributed by atoms with van der Waals surface area (Å²) < 4.78 is 177. The summed E-state index contributed by atoms with van der Waals surface area (Å²) in [5.74, 6) is -11.0. The van der Waals surface area contributed by atoms with Crippen molar-refractivity contribution < 1.29 is 110 Å². The van der Waals surface area contributed by atoms with Gasteiger partial charge in [-0.05, 0) is 43.4 Å². The van der Waals surface area contributed by atoms with Gasteiger partial charge < -0.3 is 34.7 Å². The van der Waals surface area contributed by atoms with E-state index >= 15 is 0 Å². The van der Waals surface area contributed by atoms with Gasteiger partial charge in [-0.2, -0.15) is 76.2 Å². The van der Waals surface area contributed by atoms with Gasteiger partial charge in [0.2, 0.25) is 5.88 Å². The summed E-state index contributed by atoms with van der Waals surface area (Å²) in [7, 11) is 0. The van der Waals surface area contributed by atoms with E-state index in [1.54, 1.807) is 35.6 Å². The Labute approximate surface area is 391 Å². The van der Waals surface area contributed by atoms with Crippen LogP contribution in [0.4, 0.5) is 65.9 Å². The minimum Gasteiger partial charge on any atom is -0.475 e. The number of carboxylic acids is 4. The number of alkyl halides is 15. The maximum absolute atomic E-state index is 13.6. The van der Waals surface area contributed by atoms with Gasteiger partial charge >= 0.3 is 54.8 Å². The zero-order valence-corrected chi connectivity index (χ0v) is 35.6. The number of nitrogens with one attached hydrogen (secondary N) is 1. The Morgan fingerprint density at radius 1 is 0.792 bits per heavy atom. The average Bonchev–Trinajstić information content (AvgIpc) is 4.05. The van der Waals surface area contributed by atoms with Crippen molar-refractivity contribution >= 4 is 34.9 Å². The molecular weight excluding hydrogens is 1030 g/mol. The molecule has 2 fully saturated rings. The number of aromatic amines is 1. The average molecular weight is 1060 g/mol. The fourth-order valence-electron chi connectivity index (χ4n) is 6.41. The van der Waals surface area contributed by atoms with E-state index in [-0.39, 0.29) is 18.5 Å². The highest BCUT2D eigenvalue weighted by atomic mass is 19.4. The molecule has 7 rings (SSSR count). The molecule has 0 bridgehead atoms. The van der Waals surface area contributed by atoms with Crippen LogP contribution in [0.3, 0.4) is 0 Å². The van der Waals surface area contributed by atoms with Gasteiger partial charge in [0, 0.05) is 67.5 Å². The Kier molecular flexibility index (Phi) is 19.1. The molecule has 34 heteroatoms. The van der Waals surface area contributed by atoms with Crippen molar-refractivity contribution in [3.63, 3.8) is 0 Å². The second kappa shape index (κ2) is 23.5. The molecule has 394 valence electrons. The number of halogens is 15. The first kappa shape index (κ1) is 58.6. The third kappa shape index (κ3) is 17.3. The van der Waals surface area contributed by atoms with Crippen molar-refractivity contribution in [1.29, 1.82) is 5.26 Å². The summed E-state index contributed by atoms with van der Waals surface area (Å²) in [6.45, 7) is 1.61. The molecule has 72 heavy (non-hydrogen) atoms. The van der Waals surface area contributed by atoms with Gasteiger partial charge in [-0.3, -0.25) is 9.58 Å². The van der Waals surface area contributed by atoms with E-state index in [1.807, 2.05) is 23.1 Å². The number of likely N-dealkylation sites (tertiary alicyclic amines) is 1. The van der Waals surface area contributed by atoms with Crippen LogP contribution < -0.4 is 4.74 Å². The number of nitrogens with zero attached hydrogens (tertiary/aromatic N) is 9. The first-order valence-corrected chi connectivity index (χ1v) is 19.4. The van der Waals surface area contributed by atoms with Crippen LogP contribution >= 0.6 is 0 Å². The van der Waals surface area contributed by atoms with Crippen LogP contribution in [0, 0.1) is 11.3 Å². The fourth-order valence-corrected chi connectivity index (χ4v) is 6.41. The Morgan fingerprint density at radius 2 is 1.32 bits per heavy atom. The lowest BCUT2D eigenvalue weighted by Gasteiger charge is -2.53. The Balaban J connectivity index is 0.000000399. The van der Waals surface area contributed by atoms with E-state index < -0.39 is 66.0 Å². The van der Waals surface area contributed by atoms with Crippen LogP contribution in [0.1, 0.15) is 43.4 Å². The van der Waals surface area contributed by atoms with E-state index in [0.717, 1.165) is 41.2 Å². The lowest BCUT2D eigenvalue weighted by Crippen LogP contribution is -2.65. The number of hydrogen-bond donors (Lipinski definition) is 5. The SMILES string of the molecule is N#CCC1(n2cc(-c3ncnc4[nH]ccc34)cn2)CN([C@H]2CC[C@@H](Oc3cc(Cn4ccnc4)cc(C(F)(F)F)n3)CC2)C1.O=C(O)C(F)(F)F.O=C(O)C(F)(F)F.O=C(O)C(F)(F)F.O=C(O)C(F)(F)F. The predicted molar refractivity (Wildman–Crippen MR) is 207 cm³/mol. The third-order valence-electron chi connectivity index (χ3n) is 9.59. The zero-order valence-electron chi connectivity index (χ0n) is 35.6. The molecule has 1 saturated heterocycles. The monoisotopic (exact) mass is 1060 g/mol. The van der Waals surface area contributed by atoms with Crippen molar-refractivity contribution in [2.24, 2.45) is 0 Å². The molecule has 0 radical (unpaired) electrons. The van der Waals surface area contributed by atoms with Gasteiger partial charge in [0.15, 0.2) is 0 Å². The number of pyridine rings is 1. The zero-order chi connectivity index (χ0) is 54.6. The molecule has 1 aliphatic carbocycles. The highest BCUT2D eigenvalue weighted by Gasteiger charge is 2.48. The lowest BCUT2D eigenvalue weighted by molar-refractivity contribution is -0.193. The molecule has 2 aliphatic rings. The number of carbonyl (C=O) groups is 4. The Hall–Kier alpha value is -7.73. The number of fused-ring (bicyclic) bond motifs is 1. The van der Waals surface area contributed by atoms with Crippen molar-refractivity contribution in [3.05, 3.63) is 73.1 Å². The molecule has 5 aromatic rings. The largest absolute Gasteiger partial charge is 0.490 e. The molecule has 1 aliphatic heterocycles. The van der Waals surface area contributed by atoms with Gasteiger partial charge in [-0.15, -0.1) is 0 Å². The van der Waals surface area contributed by atoms with Crippen molar-refractivity contribution in [3.8, 4) is 23.2 Å². The smallest absolute Gasteiger partial charge is 0.475 e. The molecule has 5 aromatic heterocycles. The fraction of sp³-hybridized carbons (Fsp3) is 0.421. The topological polar surface area (TPSA) is 276 Å². The molecular formula is C38H33F15N10O9. The highest BCUT2D eigenvalue weighted by Crippen LogP contribution is 2.39. The number of aromatic nitrogens is 8. The number of rotatable bonds is 8. The molecule has 5 N–H and O–H groups in total. The molecule has 0 unspecified atom stereocenters. The summed E-state index contributed by atoms with van der Waals surface area (Å²) in [4.78, 5) is 57.5. The molecule has 0 amide bonds. The molecule has 0 atom stereocenters. The number of carboxylic acid groups (broad SMARTS) is 4. The normalized spacial score (nSPS) is 16.8. The van der Waals surface area contributed by atoms with Crippen LogP contribution in [-0.2, 0) is 37.4 Å². The third-order valence-corrected chi connectivity index (χ3v) is 9.59. The predicted octanol–water partition coefficient (Wildman–Crippen LogP) is 7.33. The standard InChI is InChI=1S/C30H29F3N10O.4C2HF3O2/c31-30(32,33)25-11-20(14-41-10-9-35-19-41)12-26(40-25)44-23-3-1-22(2-4-23)42-16-29(17-42,6-7-34)43-15-21(13-39-43)27-24-5-8-36-28(24)38-18-37-27;4*3-2(4,5)1(6)7/h5,8-13,15,18-19,22-23H,1-4,6,14,16-17H2,(H,36,37,38);4*(H,6,7)/t22-,23+;;;;. The summed E-state index contributed by atoms with van der Waals surface area (Å²) in [5, 5.41) is 43.7. The first-order chi connectivity index (χ1) is 33.1. The summed E-state index contributed by atoms with van der Waals surface area (Å²) >= 11 is 0. The molecule has 0 aromatic carbocycles. The maximum atomic E-state index is 13.6. The minimum atomic E-state index is -5.08. The van der Waals surface area contributed by atoms with Gasteiger partial charge in [0.05, 0.1) is 30.7 Å². The summed E-state index contributed by atoms with van der Waals surface area (Å²) in [6.07, 6.45) is -9.81. The summed E-state index contributed by atoms with van der Waals surface area (Å²) in [5.41, 5.74) is 1.45. The number of aliphatic carboxylic acids is 4. The van der Waals surface area contributed by atoms with E-state index in [9.17, 15) is 71.1 Å². The lowest BCUT2D eigenvalue weighted by atomic mass is 9.82. The number of nitriles is 1. The van der Waals surface area contributed by atoms with Gasteiger partial charge in [-0.25, -0.2) is 39.1 Å². The number of ether oxygens (including phenoxy) is 1. The Morgan fingerprint density at radius 3 is 1.78 bits per heavy atom. The quantitative estimate of drug-likeness (QED) is 0.0952. The molecule has 1 saturated carbocycles. The van der Waals surface area contributed by atoms with Crippen LogP contribution in [0.25, 0.3) is 22.3 Å². The molecule has 19 nitrogen and oxygen atoms in total. The second-order valence-electron chi connectivity index (χ2n) is 14.8. The van der Waals surface area contributed by atoms with Crippen LogP contribution in [-0.4, -0.2) is 138 Å². The van der Waals surface area contributed by atoms with Gasteiger partial charge in [-0.1, -0.05) is 0 Å². The molecule has 6 heterocycles. The number of hydrogen-bond acceptors (Lipinski definition) is 12. The van der Waals surface area contributed by atoms with Crippen molar-refractivity contribution in [2.75, 3.05) is 13.1 Å².